The first kappa shape index (κ1) is 44.7. The van der Waals surface area contributed by atoms with Crippen LogP contribution in [-0.4, -0.2) is 29.9 Å². The molecule has 0 radical (unpaired) electrons. The quantitative estimate of drug-likeness (QED) is 0.0554. The fourth-order valence-corrected chi connectivity index (χ4v) is 6.17. The Kier molecular flexibility index (Phi) is 17.0. The van der Waals surface area contributed by atoms with Gasteiger partial charge in [0, 0.05) is 55.4 Å². The second-order valence-electron chi connectivity index (χ2n) is 13.3. The van der Waals surface area contributed by atoms with Crippen LogP contribution in [0.25, 0.3) is 0 Å². The molecule has 0 saturated heterocycles. The molecule has 8 N–H and O–H groups in total. The number of nitrogens with two attached hydrogens (primary N) is 3. The Morgan fingerprint density at radius 1 is 0.483 bits per heavy atom. The van der Waals surface area contributed by atoms with E-state index in [0.717, 1.165) is 55.4 Å². The standard InChI is InChI=1S/C20H24B2N4O2.C19H14BrN.C7H9N.ClH/c1-21(27)25(17-7-3-15(23)4-8-17)19-11-13-20(14-12-19)26(22(2)28)18-9-5-16(24)6-10-18;20-17-11-13-18(14-12-17)21-19(15-7-3-1-4-8-15)16-9-5-2-6-10-16;1-6-2-4-7(8)5-3-6;/h3-14,27-28H,23-24H2,1-2H3;1-14H;2-5H,8H2,1H3;1H. The number of nitrogen functional groups attached to an aromatic ring is 3. The summed E-state index contributed by atoms with van der Waals surface area (Å²) in [6.07, 6.45) is 0. The molecule has 0 fully saturated rings. The molecule has 0 aromatic heterocycles. The molecule has 7 aromatic rings. The van der Waals surface area contributed by atoms with Crippen LogP contribution in [0.15, 0.2) is 191 Å². The number of halogens is 2. The summed E-state index contributed by atoms with van der Waals surface area (Å²) in [5.41, 5.74) is 27.9. The van der Waals surface area contributed by atoms with E-state index in [1.165, 1.54) is 5.56 Å². The van der Waals surface area contributed by atoms with Gasteiger partial charge in [-0.05, 0) is 130 Å². The highest BCUT2D eigenvalue weighted by Crippen LogP contribution is 2.32. The average Bonchev–Trinajstić information content (AvgIpc) is 3.22. The van der Waals surface area contributed by atoms with Gasteiger partial charge in [0.2, 0.25) is 0 Å². The van der Waals surface area contributed by atoms with E-state index in [9.17, 15) is 10.0 Å². The molecule has 7 aromatic carbocycles. The van der Waals surface area contributed by atoms with E-state index in [1.54, 1.807) is 47.5 Å². The molecule has 12 heteroatoms. The van der Waals surface area contributed by atoms with E-state index in [2.05, 4.69) is 40.2 Å². The van der Waals surface area contributed by atoms with Gasteiger partial charge < -0.3 is 36.9 Å². The Morgan fingerprint density at radius 3 is 1.10 bits per heavy atom. The van der Waals surface area contributed by atoms with Gasteiger partial charge >= 0.3 is 14.1 Å². The summed E-state index contributed by atoms with van der Waals surface area (Å²) in [6, 6.07) is 58.7. The highest BCUT2D eigenvalue weighted by atomic mass is 79.9. The van der Waals surface area contributed by atoms with Gasteiger partial charge in [-0.3, -0.25) is 0 Å². The lowest BCUT2D eigenvalue weighted by Gasteiger charge is -2.29. The van der Waals surface area contributed by atoms with Crippen LogP contribution in [0.3, 0.4) is 0 Å². The topological polar surface area (TPSA) is 137 Å². The molecule has 0 aliphatic heterocycles. The van der Waals surface area contributed by atoms with Gasteiger partial charge in [-0.1, -0.05) is 94.3 Å². The van der Waals surface area contributed by atoms with Gasteiger partial charge in [-0.15, -0.1) is 12.4 Å². The fraction of sp³-hybridized carbons (Fsp3) is 0.0652. The largest absolute Gasteiger partial charge is 0.432 e. The van der Waals surface area contributed by atoms with Gasteiger partial charge in [-0.25, -0.2) is 4.99 Å². The molecular weight excluding hydrogens is 806 g/mol. The Morgan fingerprint density at radius 2 is 0.793 bits per heavy atom. The van der Waals surface area contributed by atoms with Crippen molar-refractivity contribution in [1.82, 2.24) is 0 Å². The third kappa shape index (κ3) is 13.0. The first-order chi connectivity index (χ1) is 27.5. The van der Waals surface area contributed by atoms with Crippen LogP contribution in [0.2, 0.25) is 13.6 Å². The summed E-state index contributed by atoms with van der Waals surface area (Å²) < 4.78 is 1.06. The van der Waals surface area contributed by atoms with Crippen LogP contribution in [-0.2, 0) is 0 Å². The normalized spacial score (nSPS) is 9.97. The van der Waals surface area contributed by atoms with E-state index < -0.39 is 14.1 Å². The minimum absolute atomic E-state index is 0. The van der Waals surface area contributed by atoms with Crippen LogP contribution >= 0.6 is 28.3 Å². The lowest BCUT2D eigenvalue weighted by atomic mass is 9.82. The molecule has 0 aliphatic carbocycles. The summed E-state index contributed by atoms with van der Waals surface area (Å²) in [7, 11) is -1.45. The van der Waals surface area contributed by atoms with Gasteiger partial charge in [0.05, 0.1) is 11.4 Å². The zero-order valence-electron chi connectivity index (χ0n) is 32.7. The van der Waals surface area contributed by atoms with Crippen molar-refractivity contribution in [3.8, 4) is 0 Å². The minimum atomic E-state index is -0.723. The Bertz CT molecular complexity index is 2150. The molecule has 0 heterocycles. The number of hydrogen-bond donors (Lipinski definition) is 5. The summed E-state index contributed by atoms with van der Waals surface area (Å²) in [5, 5.41) is 20.6. The minimum Gasteiger partial charge on any atom is -0.432 e. The summed E-state index contributed by atoms with van der Waals surface area (Å²) in [6.45, 7) is 5.46. The molecule has 294 valence electrons. The Hall–Kier alpha value is -5.97. The molecule has 0 amide bonds. The third-order valence-corrected chi connectivity index (χ3v) is 9.26. The van der Waals surface area contributed by atoms with Crippen molar-refractivity contribution in [2.24, 2.45) is 4.99 Å². The zero-order valence-corrected chi connectivity index (χ0v) is 35.1. The van der Waals surface area contributed by atoms with Crippen molar-refractivity contribution in [2.45, 2.75) is 20.6 Å². The number of nitrogens with zero attached hydrogens (tertiary/aromatic N) is 3. The first-order valence-corrected chi connectivity index (χ1v) is 19.3. The second kappa shape index (κ2) is 22.1. The van der Waals surface area contributed by atoms with Crippen molar-refractivity contribution in [3.05, 3.63) is 203 Å². The SMILES string of the molecule is Brc1ccc(N=C(c2ccccc2)c2ccccc2)cc1.CB(O)N(c1ccc(N)cc1)c1ccc(N(B(C)O)c2ccc(N)cc2)cc1.Cc1ccc(N)cc1.Cl. The molecule has 0 spiro atoms. The molecule has 0 saturated carbocycles. The van der Waals surface area contributed by atoms with Crippen LogP contribution in [0.1, 0.15) is 16.7 Å². The van der Waals surface area contributed by atoms with Gasteiger partial charge in [0.15, 0.2) is 0 Å². The van der Waals surface area contributed by atoms with Gasteiger partial charge in [0.1, 0.15) is 0 Å². The van der Waals surface area contributed by atoms with Crippen LogP contribution in [0.5, 0.6) is 0 Å². The van der Waals surface area contributed by atoms with Crippen LogP contribution in [0, 0.1) is 6.92 Å². The van der Waals surface area contributed by atoms with E-state index in [0.29, 0.717) is 11.4 Å². The molecule has 0 unspecified atom stereocenters. The lowest BCUT2D eigenvalue weighted by molar-refractivity contribution is 0.577. The maximum atomic E-state index is 10.3. The monoisotopic (exact) mass is 852 g/mol. The highest BCUT2D eigenvalue weighted by molar-refractivity contribution is 9.10. The molecule has 7 rings (SSSR count). The Labute approximate surface area is 357 Å². The highest BCUT2D eigenvalue weighted by Gasteiger charge is 2.22. The first-order valence-electron chi connectivity index (χ1n) is 18.5. The van der Waals surface area contributed by atoms with Crippen LogP contribution < -0.4 is 26.8 Å². The smallest absolute Gasteiger partial charge is 0.414 e. The molecule has 8 nitrogen and oxygen atoms in total. The number of aryl methyl sites for hydroxylation is 1. The number of benzene rings is 7. The fourth-order valence-electron chi connectivity index (χ4n) is 5.90. The Balaban J connectivity index is 0.000000217. The summed E-state index contributed by atoms with van der Waals surface area (Å²) in [5.74, 6) is 0. The van der Waals surface area contributed by atoms with E-state index in [4.69, 9.17) is 22.2 Å². The summed E-state index contributed by atoms with van der Waals surface area (Å²) in [4.78, 5) is 8.45. The number of anilines is 7. The lowest BCUT2D eigenvalue weighted by Crippen LogP contribution is -2.33. The molecule has 0 bridgehead atoms. The summed E-state index contributed by atoms with van der Waals surface area (Å²) >= 11 is 3.45. The van der Waals surface area contributed by atoms with E-state index in [1.807, 2.05) is 140 Å². The van der Waals surface area contributed by atoms with E-state index >= 15 is 0 Å². The number of aliphatic imine (C=N–C) groups is 1. The van der Waals surface area contributed by atoms with Crippen LogP contribution in [0.4, 0.5) is 45.5 Å². The predicted molar refractivity (Wildman–Crippen MR) is 255 cm³/mol. The van der Waals surface area contributed by atoms with Crippen molar-refractivity contribution >= 4 is 93.6 Å². The molecule has 0 aliphatic rings. The number of rotatable bonds is 9. The van der Waals surface area contributed by atoms with Crippen molar-refractivity contribution in [3.63, 3.8) is 0 Å². The zero-order chi connectivity index (χ0) is 40.7. The molecule has 0 atom stereocenters. The van der Waals surface area contributed by atoms with E-state index in [-0.39, 0.29) is 12.4 Å². The molecular formula is C46H48B2BrClN6O2. The van der Waals surface area contributed by atoms with Crippen molar-refractivity contribution in [2.75, 3.05) is 26.8 Å². The predicted octanol–water partition coefficient (Wildman–Crippen LogP) is 11.0. The second-order valence-corrected chi connectivity index (χ2v) is 14.2. The van der Waals surface area contributed by atoms with Crippen molar-refractivity contribution < 1.29 is 10.0 Å². The maximum absolute atomic E-state index is 10.3. The maximum Gasteiger partial charge on any atom is 0.414 e. The average molecular weight is 854 g/mol. The van der Waals surface area contributed by atoms with Gasteiger partial charge in [0.25, 0.3) is 0 Å². The molecule has 58 heavy (non-hydrogen) atoms. The van der Waals surface area contributed by atoms with Gasteiger partial charge in [-0.2, -0.15) is 0 Å². The third-order valence-electron chi connectivity index (χ3n) is 8.74. The van der Waals surface area contributed by atoms with Crippen molar-refractivity contribution in [1.29, 1.82) is 0 Å². The number of hydrogen-bond acceptors (Lipinski definition) is 8.